The van der Waals surface area contributed by atoms with E-state index >= 15 is 0 Å². The van der Waals surface area contributed by atoms with E-state index in [0.717, 1.165) is 40.6 Å². The molecule has 0 radical (unpaired) electrons. The molecular formula is C23H24N7O3P. The summed E-state index contributed by atoms with van der Waals surface area (Å²) < 4.78 is 15.8. The van der Waals surface area contributed by atoms with Crippen LogP contribution in [0.4, 0.5) is 0 Å². The minimum atomic E-state index is -4.43. The molecule has 2 aromatic carbocycles. The van der Waals surface area contributed by atoms with Gasteiger partial charge in [0, 0.05) is 36.3 Å². The molecule has 0 amide bonds. The summed E-state index contributed by atoms with van der Waals surface area (Å²) in [5, 5.41) is 15.5. The lowest BCUT2D eigenvalue weighted by molar-refractivity contribution is 0.386. The van der Waals surface area contributed by atoms with Crippen LogP contribution in [0.1, 0.15) is 31.2 Å². The largest absolute Gasteiger partial charge is 0.376 e. The number of imidazole rings is 1. The molecule has 3 N–H and O–H groups in total. The lowest BCUT2D eigenvalue weighted by Crippen LogP contribution is -2.05. The summed E-state index contributed by atoms with van der Waals surface area (Å²) in [6.45, 7) is 2.53. The van der Waals surface area contributed by atoms with E-state index in [1.807, 2.05) is 59.3 Å². The highest BCUT2D eigenvalue weighted by Gasteiger charge is 2.23. The fourth-order valence-corrected chi connectivity index (χ4v) is 4.70. The SMILES string of the molecule is CCCCc1nc(P(=O)(O)O)cn1Cc1cccc2c1ccn2-c1ccccc1-c1nn[nH]n1. The molecule has 174 valence electrons. The summed E-state index contributed by atoms with van der Waals surface area (Å²) >= 11 is 0. The number of H-pyrrole nitrogens is 1. The number of hydrogen-bond donors (Lipinski definition) is 3. The molecule has 0 aliphatic heterocycles. The maximum Gasteiger partial charge on any atom is 0.376 e. The van der Waals surface area contributed by atoms with Gasteiger partial charge in [0.2, 0.25) is 5.82 Å². The number of nitrogens with one attached hydrogen (secondary N) is 1. The Kier molecular flexibility index (Phi) is 5.87. The minimum absolute atomic E-state index is 0.183. The average molecular weight is 477 g/mol. The fourth-order valence-electron chi connectivity index (χ4n) is 4.16. The van der Waals surface area contributed by atoms with Crippen molar-refractivity contribution in [2.45, 2.75) is 32.7 Å². The summed E-state index contributed by atoms with van der Waals surface area (Å²) in [6.07, 6.45) is 6.00. The summed E-state index contributed by atoms with van der Waals surface area (Å²) in [5.74, 6) is 1.19. The summed E-state index contributed by atoms with van der Waals surface area (Å²) in [7, 11) is -4.43. The molecule has 3 aromatic heterocycles. The van der Waals surface area contributed by atoms with Crippen molar-refractivity contribution < 1.29 is 14.4 Å². The minimum Gasteiger partial charge on any atom is -0.330 e. The number of rotatable bonds is 8. The zero-order valence-corrected chi connectivity index (χ0v) is 19.4. The van der Waals surface area contributed by atoms with E-state index in [-0.39, 0.29) is 5.44 Å². The molecule has 34 heavy (non-hydrogen) atoms. The van der Waals surface area contributed by atoms with Crippen LogP contribution in [0.2, 0.25) is 0 Å². The van der Waals surface area contributed by atoms with Crippen molar-refractivity contribution in [2.75, 3.05) is 0 Å². The number of aromatic amines is 1. The highest BCUT2D eigenvalue weighted by Crippen LogP contribution is 2.33. The van der Waals surface area contributed by atoms with Crippen molar-refractivity contribution >= 4 is 23.9 Å². The van der Waals surface area contributed by atoms with Crippen LogP contribution in [-0.2, 0) is 17.5 Å². The highest BCUT2D eigenvalue weighted by molar-refractivity contribution is 7.60. The van der Waals surface area contributed by atoms with Gasteiger partial charge in [-0.2, -0.15) is 5.21 Å². The number of aryl methyl sites for hydroxylation is 1. The maximum atomic E-state index is 11.8. The lowest BCUT2D eigenvalue weighted by atomic mass is 10.1. The highest BCUT2D eigenvalue weighted by atomic mass is 31.2. The van der Waals surface area contributed by atoms with Crippen molar-refractivity contribution in [2.24, 2.45) is 0 Å². The Morgan fingerprint density at radius 3 is 2.71 bits per heavy atom. The van der Waals surface area contributed by atoms with Gasteiger partial charge >= 0.3 is 7.60 Å². The first kappa shape index (κ1) is 22.2. The average Bonchev–Trinajstić information content (AvgIpc) is 3.57. The molecule has 11 heteroatoms. The quantitative estimate of drug-likeness (QED) is 0.292. The number of nitrogens with zero attached hydrogens (tertiary/aromatic N) is 6. The number of unbranched alkanes of at least 4 members (excludes halogenated alkanes) is 1. The van der Waals surface area contributed by atoms with Gasteiger partial charge in [0.25, 0.3) is 0 Å². The number of tetrazole rings is 1. The molecule has 5 aromatic rings. The fraction of sp³-hybridized carbons (Fsp3) is 0.217. The molecule has 10 nitrogen and oxygen atoms in total. The predicted molar refractivity (Wildman–Crippen MR) is 128 cm³/mol. The Balaban J connectivity index is 1.57. The molecular weight excluding hydrogens is 453 g/mol. The topological polar surface area (TPSA) is 135 Å². The molecule has 0 spiro atoms. The Labute approximate surface area is 195 Å². The van der Waals surface area contributed by atoms with Crippen molar-refractivity contribution in [3.8, 4) is 17.1 Å². The summed E-state index contributed by atoms with van der Waals surface area (Å²) in [4.78, 5) is 23.5. The van der Waals surface area contributed by atoms with Crippen LogP contribution < -0.4 is 5.44 Å². The second-order valence-corrected chi connectivity index (χ2v) is 9.63. The number of benzene rings is 2. The van der Waals surface area contributed by atoms with Crippen LogP contribution >= 0.6 is 7.60 Å². The molecule has 0 aliphatic carbocycles. The van der Waals surface area contributed by atoms with E-state index in [1.54, 1.807) is 0 Å². The van der Waals surface area contributed by atoms with Gasteiger partial charge in [-0.15, -0.1) is 10.2 Å². The predicted octanol–water partition coefficient (Wildman–Crippen LogP) is 3.20. The van der Waals surface area contributed by atoms with Crippen LogP contribution in [0.15, 0.2) is 60.9 Å². The molecule has 0 aliphatic rings. The molecule has 0 saturated carbocycles. The number of fused-ring (bicyclic) bond motifs is 1. The van der Waals surface area contributed by atoms with Gasteiger partial charge in [-0.05, 0) is 41.5 Å². The zero-order chi connectivity index (χ0) is 23.7. The van der Waals surface area contributed by atoms with E-state index < -0.39 is 7.60 Å². The summed E-state index contributed by atoms with van der Waals surface area (Å²) in [5.41, 5.74) is 3.62. The monoisotopic (exact) mass is 477 g/mol. The number of hydrogen-bond acceptors (Lipinski definition) is 5. The number of para-hydroxylation sites is 1. The summed E-state index contributed by atoms with van der Waals surface area (Å²) in [6, 6.07) is 15.9. The van der Waals surface area contributed by atoms with Crippen LogP contribution in [-0.4, -0.2) is 44.5 Å². The maximum absolute atomic E-state index is 11.8. The van der Waals surface area contributed by atoms with Gasteiger partial charge in [0.05, 0.1) is 11.2 Å². The van der Waals surface area contributed by atoms with Crippen LogP contribution in [0.3, 0.4) is 0 Å². The Morgan fingerprint density at radius 1 is 1.09 bits per heavy atom. The van der Waals surface area contributed by atoms with Gasteiger partial charge < -0.3 is 18.9 Å². The first-order chi connectivity index (χ1) is 16.5. The Bertz CT molecular complexity index is 1480. The lowest BCUT2D eigenvalue weighted by Gasteiger charge is -2.12. The first-order valence-electron chi connectivity index (χ1n) is 11.0. The first-order valence-corrected chi connectivity index (χ1v) is 12.6. The molecule has 3 heterocycles. The molecule has 0 fully saturated rings. The standard InChI is InChI=1S/C23H24N7O3P/c1-2-3-11-21-24-22(34(31,32)33)15-29(21)14-16-7-6-10-19-17(16)12-13-30(19)20-9-5-4-8-18(20)23-25-27-28-26-23/h4-10,12-13,15H,2-3,11,14H2,1H3,(H2,31,32,33)(H,25,26,27,28). The molecule has 0 bridgehead atoms. The van der Waals surface area contributed by atoms with Crippen molar-refractivity contribution in [3.05, 3.63) is 72.3 Å². The third-order valence-electron chi connectivity index (χ3n) is 5.81. The molecule has 0 unspecified atom stereocenters. The third-order valence-corrected chi connectivity index (χ3v) is 6.62. The van der Waals surface area contributed by atoms with Crippen molar-refractivity contribution in [1.82, 2.24) is 34.7 Å². The van der Waals surface area contributed by atoms with Crippen LogP contribution in [0, 0.1) is 0 Å². The number of aromatic nitrogens is 7. The molecule has 5 rings (SSSR count). The van der Waals surface area contributed by atoms with E-state index in [4.69, 9.17) is 0 Å². The molecule has 0 saturated heterocycles. The Hall–Kier alpha value is -3.59. The smallest absolute Gasteiger partial charge is 0.330 e. The van der Waals surface area contributed by atoms with Crippen molar-refractivity contribution in [3.63, 3.8) is 0 Å². The second-order valence-electron chi connectivity index (χ2n) is 8.08. The normalized spacial score (nSPS) is 12.0. The second kappa shape index (κ2) is 8.98. The van der Waals surface area contributed by atoms with Gasteiger partial charge in [-0.1, -0.05) is 37.6 Å². The van der Waals surface area contributed by atoms with Gasteiger partial charge in [-0.25, -0.2) is 4.98 Å². The van der Waals surface area contributed by atoms with Crippen molar-refractivity contribution in [1.29, 1.82) is 0 Å². The molecule has 0 atom stereocenters. The van der Waals surface area contributed by atoms with E-state index in [1.165, 1.54) is 6.20 Å². The zero-order valence-electron chi connectivity index (χ0n) is 18.5. The third kappa shape index (κ3) is 4.19. The van der Waals surface area contributed by atoms with E-state index in [0.29, 0.717) is 24.6 Å². The van der Waals surface area contributed by atoms with Gasteiger partial charge in [0.15, 0.2) is 5.44 Å². The van der Waals surface area contributed by atoms with Crippen LogP contribution in [0.25, 0.3) is 28.0 Å². The van der Waals surface area contributed by atoms with E-state index in [9.17, 15) is 14.4 Å². The van der Waals surface area contributed by atoms with Crippen LogP contribution in [0.5, 0.6) is 0 Å². The van der Waals surface area contributed by atoms with Gasteiger partial charge in [-0.3, -0.25) is 4.57 Å². The van der Waals surface area contributed by atoms with E-state index in [2.05, 4.69) is 37.1 Å². The Morgan fingerprint density at radius 2 is 1.94 bits per heavy atom. The van der Waals surface area contributed by atoms with Gasteiger partial charge in [0.1, 0.15) is 5.82 Å².